The second-order valence-corrected chi connectivity index (χ2v) is 4.70. The number of hydrogen-bond donors (Lipinski definition) is 1. The zero-order chi connectivity index (χ0) is 11.5. The number of rotatable bonds is 2. The van der Waals surface area contributed by atoms with Crippen molar-refractivity contribution in [2.45, 2.75) is 32.3 Å². The van der Waals surface area contributed by atoms with Crippen molar-refractivity contribution in [3.05, 3.63) is 35.9 Å². The molecule has 2 rings (SSSR count). The van der Waals surface area contributed by atoms with Gasteiger partial charge in [0.05, 0.1) is 6.10 Å². The summed E-state index contributed by atoms with van der Waals surface area (Å²) in [4.78, 5) is 12.0. The van der Waals surface area contributed by atoms with Crippen LogP contribution in [0.3, 0.4) is 0 Å². The molecule has 16 heavy (non-hydrogen) atoms. The average Bonchev–Trinajstić information content (AvgIpc) is 2.33. The number of Topliss-reactive ketones (excluding diaryl/α,β-unsaturated/α-hetero) is 1. The van der Waals surface area contributed by atoms with Crippen LogP contribution in [0.5, 0.6) is 0 Å². The van der Waals surface area contributed by atoms with Crippen molar-refractivity contribution in [3.63, 3.8) is 0 Å². The van der Waals surface area contributed by atoms with Gasteiger partial charge in [0.2, 0.25) is 0 Å². The Bertz CT molecular complexity index is 358. The molecule has 1 saturated carbocycles. The summed E-state index contributed by atoms with van der Waals surface area (Å²) < 4.78 is 0. The second kappa shape index (κ2) is 4.79. The van der Waals surface area contributed by atoms with Crippen molar-refractivity contribution in [1.82, 2.24) is 0 Å². The fraction of sp³-hybridized carbons (Fsp3) is 0.500. The molecule has 2 nitrogen and oxygen atoms in total. The number of ketones is 1. The molecule has 2 heteroatoms. The van der Waals surface area contributed by atoms with E-state index in [-0.39, 0.29) is 17.6 Å². The molecule has 0 radical (unpaired) electrons. The summed E-state index contributed by atoms with van der Waals surface area (Å²) in [6.45, 7) is 1.96. The fourth-order valence-electron chi connectivity index (χ4n) is 2.49. The molecule has 1 aliphatic rings. The lowest BCUT2D eigenvalue weighted by Crippen LogP contribution is -2.31. The molecular formula is C14H18O2. The van der Waals surface area contributed by atoms with Crippen molar-refractivity contribution in [2.24, 2.45) is 11.8 Å². The van der Waals surface area contributed by atoms with Gasteiger partial charge in [0, 0.05) is 11.8 Å². The first-order chi connectivity index (χ1) is 7.70. The molecule has 0 aromatic heterocycles. The number of carbonyl (C=O) groups excluding carboxylic acids is 1. The number of aliphatic hydroxyl groups is 1. The van der Waals surface area contributed by atoms with Gasteiger partial charge in [-0.3, -0.25) is 4.79 Å². The van der Waals surface area contributed by atoms with Crippen LogP contribution in [0.4, 0.5) is 0 Å². The molecule has 0 amide bonds. The van der Waals surface area contributed by atoms with Crippen LogP contribution in [0.2, 0.25) is 0 Å². The normalized spacial score (nSPS) is 27.8. The molecular weight excluding hydrogens is 200 g/mol. The van der Waals surface area contributed by atoms with Crippen LogP contribution < -0.4 is 0 Å². The summed E-state index contributed by atoms with van der Waals surface area (Å²) in [5, 5.41) is 10.2. The first-order valence-electron chi connectivity index (χ1n) is 5.97. The summed E-state index contributed by atoms with van der Waals surface area (Å²) >= 11 is 0. The van der Waals surface area contributed by atoms with Gasteiger partial charge >= 0.3 is 0 Å². The Hall–Kier alpha value is -1.15. The molecule has 1 aliphatic carbocycles. The van der Waals surface area contributed by atoms with Crippen molar-refractivity contribution < 1.29 is 9.90 Å². The van der Waals surface area contributed by atoms with Gasteiger partial charge in [-0.05, 0) is 18.4 Å². The largest absolute Gasteiger partial charge is 0.388 e. The summed E-state index contributed by atoms with van der Waals surface area (Å²) in [5.74, 6) is 0.130. The molecule has 0 heterocycles. The number of hydrogen-bond acceptors (Lipinski definition) is 2. The Labute approximate surface area is 96.3 Å². The molecule has 0 saturated heterocycles. The van der Waals surface area contributed by atoms with E-state index < -0.39 is 6.10 Å². The molecule has 1 N–H and O–H groups in total. The lowest BCUT2D eigenvalue weighted by atomic mass is 9.77. The summed E-state index contributed by atoms with van der Waals surface area (Å²) in [7, 11) is 0. The maximum absolute atomic E-state index is 12.0. The van der Waals surface area contributed by atoms with Crippen molar-refractivity contribution in [3.8, 4) is 0 Å². The molecule has 1 aromatic rings. The number of carbonyl (C=O) groups is 1. The van der Waals surface area contributed by atoms with Gasteiger partial charge in [-0.15, -0.1) is 0 Å². The summed E-state index contributed by atoms with van der Waals surface area (Å²) in [5.41, 5.74) is 0.856. The molecule has 1 fully saturated rings. The van der Waals surface area contributed by atoms with E-state index in [4.69, 9.17) is 0 Å². The van der Waals surface area contributed by atoms with E-state index in [0.29, 0.717) is 0 Å². The SMILES string of the molecule is CC1CCCC(C(O)c2ccccc2)C1=O. The number of benzene rings is 1. The van der Waals surface area contributed by atoms with Crippen molar-refractivity contribution >= 4 is 5.78 Å². The van der Waals surface area contributed by atoms with E-state index in [0.717, 1.165) is 24.8 Å². The highest BCUT2D eigenvalue weighted by Crippen LogP contribution is 2.34. The fourth-order valence-corrected chi connectivity index (χ4v) is 2.49. The minimum absolute atomic E-state index is 0.108. The zero-order valence-corrected chi connectivity index (χ0v) is 9.60. The van der Waals surface area contributed by atoms with Crippen molar-refractivity contribution in [2.75, 3.05) is 0 Å². The van der Waals surface area contributed by atoms with E-state index in [9.17, 15) is 9.90 Å². The van der Waals surface area contributed by atoms with Crippen LogP contribution in [0, 0.1) is 11.8 Å². The van der Waals surface area contributed by atoms with Crippen LogP contribution >= 0.6 is 0 Å². The Morgan fingerprint density at radius 3 is 2.62 bits per heavy atom. The maximum atomic E-state index is 12.0. The smallest absolute Gasteiger partial charge is 0.141 e. The van der Waals surface area contributed by atoms with E-state index >= 15 is 0 Å². The second-order valence-electron chi connectivity index (χ2n) is 4.70. The molecule has 0 aliphatic heterocycles. The highest BCUT2D eigenvalue weighted by atomic mass is 16.3. The molecule has 0 bridgehead atoms. The quantitative estimate of drug-likeness (QED) is 0.828. The topological polar surface area (TPSA) is 37.3 Å². The number of aliphatic hydroxyl groups excluding tert-OH is 1. The lowest BCUT2D eigenvalue weighted by molar-refractivity contribution is -0.132. The molecule has 3 unspecified atom stereocenters. The van der Waals surface area contributed by atoms with E-state index in [1.165, 1.54) is 0 Å². The van der Waals surface area contributed by atoms with E-state index in [1.54, 1.807) is 0 Å². The third kappa shape index (κ3) is 2.17. The van der Waals surface area contributed by atoms with Gasteiger partial charge in [0.1, 0.15) is 5.78 Å². The lowest BCUT2D eigenvalue weighted by Gasteiger charge is -2.29. The van der Waals surface area contributed by atoms with Gasteiger partial charge in [-0.25, -0.2) is 0 Å². The van der Waals surface area contributed by atoms with Gasteiger partial charge in [-0.1, -0.05) is 43.7 Å². The minimum Gasteiger partial charge on any atom is -0.388 e. The third-order valence-corrected chi connectivity index (χ3v) is 3.53. The molecule has 86 valence electrons. The summed E-state index contributed by atoms with van der Waals surface area (Å²) in [6.07, 6.45) is 2.20. The predicted octanol–water partition coefficient (Wildman–Crippen LogP) is 2.73. The van der Waals surface area contributed by atoms with E-state index in [2.05, 4.69) is 0 Å². The predicted molar refractivity (Wildman–Crippen MR) is 62.9 cm³/mol. The monoisotopic (exact) mass is 218 g/mol. The van der Waals surface area contributed by atoms with Crippen molar-refractivity contribution in [1.29, 1.82) is 0 Å². The van der Waals surface area contributed by atoms with Crippen LogP contribution in [0.1, 0.15) is 37.9 Å². The van der Waals surface area contributed by atoms with Crippen LogP contribution in [0.25, 0.3) is 0 Å². The van der Waals surface area contributed by atoms with Gasteiger partial charge in [0.25, 0.3) is 0 Å². The van der Waals surface area contributed by atoms with Crippen LogP contribution in [0.15, 0.2) is 30.3 Å². The minimum atomic E-state index is -0.628. The third-order valence-electron chi connectivity index (χ3n) is 3.53. The first kappa shape index (κ1) is 11.3. The van der Waals surface area contributed by atoms with E-state index in [1.807, 2.05) is 37.3 Å². The zero-order valence-electron chi connectivity index (χ0n) is 9.60. The standard InChI is InChI=1S/C14H18O2/c1-10-6-5-9-12(13(10)15)14(16)11-7-3-2-4-8-11/h2-4,7-8,10,12,14,16H,5-6,9H2,1H3. The Morgan fingerprint density at radius 2 is 1.94 bits per heavy atom. The van der Waals surface area contributed by atoms with Crippen LogP contribution in [-0.4, -0.2) is 10.9 Å². The maximum Gasteiger partial charge on any atom is 0.141 e. The van der Waals surface area contributed by atoms with Gasteiger partial charge < -0.3 is 5.11 Å². The highest BCUT2D eigenvalue weighted by Gasteiger charge is 2.33. The molecule has 0 spiro atoms. The highest BCUT2D eigenvalue weighted by molar-refractivity contribution is 5.84. The van der Waals surface area contributed by atoms with Crippen LogP contribution in [-0.2, 0) is 4.79 Å². The van der Waals surface area contributed by atoms with Gasteiger partial charge in [0.15, 0.2) is 0 Å². The Kier molecular flexibility index (Phi) is 3.39. The molecule has 1 aromatic carbocycles. The average molecular weight is 218 g/mol. The van der Waals surface area contributed by atoms with Gasteiger partial charge in [-0.2, -0.15) is 0 Å². The molecule has 3 atom stereocenters. The Morgan fingerprint density at radius 1 is 1.25 bits per heavy atom. The Balaban J connectivity index is 2.15. The summed E-state index contributed by atoms with van der Waals surface area (Å²) in [6, 6.07) is 9.49. The first-order valence-corrected chi connectivity index (χ1v) is 5.97.